The summed E-state index contributed by atoms with van der Waals surface area (Å²) in [5.41, 5.74) is 1.58. The van der Waals surface area contributed by atoms with E-state index in [1.165, 1.54) is 18.4 Å². The summed E-state index contributed by atoms with van der Waals surface area (Å²) in [7, 11) is 0. The Balaban J connectivity index is 1.63. The predicted octanol–water partition coefficient (Wildman–Crippen LogP) is 6.58. The topological polar surface area (TPSA) is 74.6 Å². The number of aliphatic hydroxyl groups excluding tert-OH is 1. The van der Waals surface area contributed by atoms with Gasteiger partial charge in [0.05, 0.1) is 6.10 Å². The average Bonchev–Trinajstić information content (AvgIpc) is 3.02. The zero-order chi connectivity index (χ0) is 25.3. The maximum absolute atomic E-state index is 13.7. The molecule has 0 amide bonds. The zero-order valence-electron chi connectivity index (χ0n) is 22.4. The van der Waals surface area contributed by atoms with Crippen LogP contribution in [0.5, 0.6) is 0 Å². The molecule has 0 saturated heterocycles. The monoisotopic (exact) mass is 470 g/mol. The van der Waals surface area contributed by atoms with Crippen LogP contribution in [0, 0.1) is 45.3 Å². The molecule has 2 N–H and O–H groups in total. The number of ketones is 1. The Morgan fingerprint density at radius 1 is 1.12 bits per heavy atom. The first-order valence-corrected chi connectivity index (χ1v) is 13.5. The van der Waals surface area contributed by atoms with Crippen molar-refractivity contribution in [3.05, 3.63) is 23.3 Å². The lowest BCUT2D eigenvalue weighted by atomic mass is 9.40. The predicted molar refractivity (Wildman–Crippen MR) is 135 cm³/mol. The molecule has 0 aliphatic heterocycles. The summed E-state index contributed by atoms with van der Waals surface area (Å²) in [6.45, 7) is 15.5. The van der Waals surface area contributed by atoms with E-state index in [4.69, 9.17) is 5.11 Å². The van der Waals surface area contributed by atoms with Gasteiger partial charge < -0.3 is 10.2 Å². The van der Waals surface area contributed by atoms with Crippen LogP contribution in [0.2, 0.25) is 0 Å². The van der Waals surface area contributed by atoms with E-state index in [0.29, 0.717) is 23.3 Å². The van der Waals surface area contributed by atoms with Gasteiger partial charge in [-0.3, -0.25) is 4.79 Å². The van der Waals surface area contributed by atoms with Crippen molar-refractivity contribution in [3.63, 3.8) is 0 Å². The number of rotatable bonds is 5. The van der Waals surface area contributed by atoms with Gasteiger partial charge in [-0.1, -0.05) is 53.2 Å². The quantitative estimate of drug-likeness (QED) is 0.445. The number of aliphatic hydroxyl groups is 1. The van der Waals surface area contributed by atoms with Crippen LogP contribution in [0.1, 0.15) is 99.8 Å². The number of fused-ring (bicyclic) bond motifs is 5. The van der Waals surface area contributed by atoms with Gasteiger partial charge in [-0.05, 0) is 98.4 Å². The first-order valence-electron chi connectivity index (χ1n) is 13.5. The molecule has 0 aromatic heterocycles. The zero-order valence-corrected chi connectivity index (χ0v) is 22.4. The van der Waals surface area contributed by atoms with Crippen molar-refractivity contribution in [1.29, 1.82) is 0 Å². The summed E-state index contributed by atoms with van der Waals surface area (Å²) in [6.07, 6.45) is 11.7. The van der Waals surface area contributed by atoms with Gasteiger partial charge in [-0.2, -0.15) is 0 Å². The van der Waals surface area contributed by atoms with E-state index < -0.39 is 12.1 Å². The second kappa shape index (κ2) is 8.32. The van der Waals surface area contributed by atoms with Gasteiger partial charge in [0.2, 0.25) is 0 Å². The summed E-state index contributed by atoms with van der Waals surface area (Å²) < 4.78 is 0. The molecule has 4 nitrogen and oxygen atoms in total. The van der Waals surface area contributed by atoms with Crippen LogP contribution in [0.25, 0.3) is 0 Å². The van der Waals surface area contributed by atoms with Gasteiger partial charge in [0.25, 0.3) is 0 Å². The van der Waals surface area contributed by atoms with Crippen LogP contribution in [0.4, 0.5) is 0 Å². The minimum atomic E-state index is -0.828. The van der Waals surface area contributed by atoms with Gasteiger partial charge >= 0.3 is 5.97 Å². The van der Waals surface area contributed by atoms with E-state index in [-0.39, 0.29) is 33.4 Å². The fraction of sp³-hybridized carbons (Fsp3) is 0.800. The molecule has 8 atom stereocenters. The normalized spacial score (nSPS) is 44.5. The third kappa shape index (κ3) is 3.49. The highest BCUT2D eigenvalue weighted by molar-refractivity contribution is 5.95. The van der Waals surface area contributed by atoms with E-state index in [2.05, 4.69) is 41.5 Å². The van der Waals surface area contributed by atoms with Crippen molar-refractivity contribution in [2.45, 2.75) is 106 Å². The summed E-state index contributed by atoms with van der Waals surface area (Å²) in [4.78, 5) is 24.9. The minimum absolute atomic E-state index is 0.0332. The number of carbonyl (C=O) groups is 2. The second-order valence-corrected chi connectivity index (χ2v) is 13.5. The standard InChI is InChI=1S/C30H46O4/c1-18(9-8-10-19(2)26(33)34)20-11-15-30(7)22-17-23(31)25-27(3,4)24(32)13-14-28(25,5)21(22)12-16-29(20,30)6/h10,17-18,20-21,24-25,32H,8-9,11-16H2,1-7H3,(H,33,34). The summed E-state index contributed by atoms with van der Waals surface area (Å²) in [5.74, 6) is 0.844. The van der Waals surface area contributed by atoms with Gasteiger partial charge in [-0.15, -0.1) is 0 Å². The smallest absolute Gasteiger partial charge is 0.330 e. The highest BCUT2D eigenvalue weighted by Gasteiger charge is 2.66. The number of carboxylic acid groups (broad SMARTS) is 1. The lowest BCUT2D eigenvalue weighted by Gasteiger charge is -2.63. The van der Waals surface area contributed by atoms with Crippen LogP contribution in [-0.4, -0.2) is 28.1 Å². The van der Waals surface area contributed by atoms with Gasteiger partial charge in [0, 0.05) is 16.9 Å². The molecule has 4 aliphatic rings. The molecule has 0 spiro atoms. The van der Waals surface area contributed by atoms with E-state index in [1.807, 2.05) is 12.2 Å². The average molecular weight is 471 g/mol. The van der Waals surface area contributed by atoms with Crippen LogP contribution in [0.15, 0.2) is 23.3 Å². The summed E-state index contributed by atoms with van der Waals surface area (Å²) in [6, 6.07) is 0. The summed E-state index contributed by atoms with van der Waals surface area (Å²) in [5, 5.41) is 19.9. The molecule has 4 aliphatic carbocycles. The molecule has 8 unspecified atom stereocenters. The van der Waals surface area contributed by atoms with Crippen molar-refractivity contribution in [2.24, 2.45) is 45.3 Å². The van der Waals surface area contributed by atoms with Crippen molar-refractivity contribution < 1.29 is 19.8 Å². The number of carboxylic acids is 1. The Bertz CT molecular complexity index is 928. The van der Waals surface area contributed by atoms with E-state index >= 15 is 0 Å². The lowest BCUT2D eigenvalue weighted by molar-refractivity contribution is -0.157. The van der Waals surface area contributed by atoms with E-state index in [9.17, 15) is 14.7 Å². The Morgan fingerprint density at radius 2 is 1.79 bits per heavy atom. The Morgan fingerprint density at radius 3 is 2.44 bits per heavy atom. The van der Waals surface area contributed by atoms with Crippen LogP contribution in [-0.2, 0) is 9.59 Å². The molecule has 0 aromatic carbocycles. The number of allylic oxidation sites excluding steroid dienone is 3. The third-order valence-electron chi connectivity index (χ3n) is 11.7. The first kappa shape index (κ1) is 25.7. The number of hydrogen-bond acceptors (Lipinski definition) is 3. The van der Waals surface area contributed by atoms with Gasteiger partial charge in [0.1, 0.15) is 0 Å². The van der Waals surface area contributed by atoms with E-state index in [0.717, 1.165) is 38.5 Å². The molecule has 4 heteroatoms. The van der Waals surface area contributed by atoms with E-state index in [1.54, 1.807) is 6.92 Å². The van der Waals surface area contributed by atoms with Crippen molar-refractivity contribution in [3.8, 4) is 0 Å². The van der Waals surface area contributed by atoms with Crippen LogP contribution >= 0.6 is 0 Å². The number of aliphatic carboxylic acids is 1. The molecule has 34 heavy (non-hydrogen) atoms. The molecule has 0 heterocycles. The first-order chi connectivity index (χ1) is 15.7. The van der Waals surface area contributed by atoms with Crippen molar-refractivity contribution in [1.82, 2.24) is 0 Å². The second-order valence-electron chi connectivity index (χ2n) is 13.5. The molecule has 0 radical (unpaired) electrons. The molecule has 0 bridgehead atoms. The third-order valence-corrected chi connectivity index (χ3v) is 11.7. The molecule has 4 rings (SSSR count). The lowest BCUT2D eigenvalue weighted by Crippen LogP contribution is -2.60. The van der Waals surface area contributed by atoms with Crippen molar-refractivity contribution >= 4 is 11.8 Å². The minimum Gasteiger partial charge on any atom is -0.478 e. The SMILES string of the molecule is CC(=CCCC(C)C1CCC2(C)C3=CC(=O)C4C(C)(C)C(O)CCC4(C)C3CCC12C)C(=O)O. The maximum atomic E-state index is 13.7. The highest BCUT2D eigenvalue weighted by atomic mass is 16.4. The molecule has 0 aromatic rings. The fourth-order valence-corrected chi connectivity index (χ4v) is 9.40. The van der Waals surface area contributed by atoms with Crippen molar-refractivity contribution in [2.75, 3.05) is 0 Å². The molecular weight excluding hydrogens is 424 g/mol. The molecule has 3 saturated carbocycles. The maximum Gasteiger partial charge on any atom is 0.330 e. The summed E-state index contributed by atoms with van der Waals surface area (Å²) >= 11 is 0. The fourth-order valence-electron chi connectivity index (χ4n) is 9.40. The van der Waals surface area contributed by atoms with Gasteiger partial charge in [-0.25, -0.2) is 4.79 Å². The Kier molecular flexibility index (Phi) is 6.28. The number of hydrogen-bond donors (Lipinski definition) is 2. The molecule has 190 valence electrons. The largest absolute Gasteiger partial charge is 0.478 e. The van der Waals surface area contributed by atoms with Crippen LogP contribution in [0.3, 0.4) is 0 Å². The van der Waals surface area contributed by atoms with Gasteiger partial charge in [0.15, 0.2) is 5.78 Å². The Hall–Kier alpha value is -1.42. The molecule has 3 fully saturated rings. The highest BCUT2D eigenvalue weighted by Crippen LogP contribution is 2.73. The van der Waals surface area contributed by atoms with Crippen LogP contribution < -0.4 is 0 Å². The Labute approximate surface area is 206 Å². The number of carbonyl (C=O) groups excluding carboxylic acids is 1. The molecular formula is C30H46O4.